The molecule has 0 saturated carbocycles. The van der Waals surface area contributed by atoms with Crippen LogP contribution in [0.15, 0.2) is 0 Å². The molecule has 0 N–H and O–H groups in total. The Labute approximate surface area is 112 Å². The summed E-state index contributed by atoms with van der Waals surface area (Å²) in [5.74, 6) is 0. The minimum absolute atomic E-state index is 0. The molecule has 0 aliphatic heterocycles. The van der Waals surface area contributed by atoms with E-state index in [4.69, 9.17) is 0 Å². The van der Waals surface area contributed by atoms with E-state index >= 15 is 0 Å². The molecule has 0 fully saturated rings. The van der Waals surface area contributed by atoms with Gasteiger partial charge in [-0.05, 0) is 0 Å². The molecule has 0 spiro atoms. The number of halogens is 3. The average Bonchev–Trinajstić information content (AvgIpc) is 0.918. The van der Waals surface area contributed by atoms with Crippen molar-refractivity contribution in [3.63, 3.8) is 0 Å². The van der Waals surface area contributed by atoms with Crippen molar-refractivity contribution in [1.82, 2.24) is 0 Å². The van der Waals surface area contributed by atoms with E-state index < -0.39 is 0 Å². The minimum Gasteiger partial charge on any atom is -1.00 e. The third-order valence-electron chi connectivity index (χ3n) is 0. The molecule has 0 aliphatic rings. The van der Waals surface area contributed by atoms with Gasteiger partial charge in [0, 0.05) is 0 Å². The molecule has 5 heteroatoms. The quantitative estimate of drug-likeness (QED) is 0.390. The topological polar surface area (TPSA) is 0 Å². The maximum atomic E-state index is 2.12. The Morgan fingerprint density at radius 1 is 0.875 bits per heavy atom. The molecule has 0 radical (unpaired) electrons. The SMILES string of the molecule is CCC.[Br-].[Br-].[Br-].[Li+].[Mg+2]. The van der Waals surface area contributed by atoms with Gasteiger partial charge in [0.05, 0.1) is 0 Å². The Morgan fingerprint density at radius 3 is 0.875 bits per heavy atom. The molecule has 0 bridgehead atoms. The van der Waals surface area contributed by atoms with Crippen molar-refractivity contribution in [1.29, 1.82) is 0 Å². The number of rotatable bonds is 0. The van der Waals surface area contributed by atoms with Gasteiger partial charge >= 0.3 is 41.9 Å². The van der Waals surface area contributed by atoms with E-state index in [1.165, 1.54) is 6.42 Å². The molecule has 0 rings (SSSR count). The molecule has 0 amide bonds. The molecule has 0 atom stereocenters. The molecule has 44 valence electrons. The van der Waals surface area contributed by atoms with Crippen molar-refractivity contribution in [3.05, 3.63) is 0 Å². The van der Waals surface area contributed by atoms with Gasteiger partial charge in [0.15, 0.2) is 0 Å². The summed E-state index contributed by atoms with van der Waals surface area (Å²) in [5, 5.41) is 0. The van der Waals surface area contributed by atoms with Crippen LogP contribution in [0.2, 0.25) is 0 Å². The summed E-state index contributed by atoms with van der Waals surface area (Å²) >= 11 is 0. The van der Waals surface area contributed by atoms with Crippen LogP contribution in [-0.2, 0) is 0 Å². The summed E-state index contributed by atoms with van der Waals surface area (Å²) in [7, 11) is 0. The van der Waals surface area contributed by atoms with Crippen LogP contribution in [0.4, 0.5) is 0 Å². The Kier molecular flexibility index (Phi) is 295. The van der Waals surface area contributed by atoms with Crippen molar-refractivity contribution in [2.24, 2.45) is 0 Å². The molecule has 0 nitrogen and oxygen atoms in total. The molecular formula is C3H8Br3LiMg. The number of hydrogen-bond acceptors (Lipinski definition) is 0. The standard InChI is InChI=1S/C3H8.3BrH.Li.Mg/c1-3-2;;;;;/h3H2,1-2H3;3*1H;;/q;;;;+1;+2/p-3. The molecule has 0 aromatic rings. The summed E-state index contributed by atoms with van der Waals surface area (Å²) in [6.07, 6.45) is 1.25. The molecule has 0 saturated heterocycles. The summed E-state index contributed by atoms with van der Waals surface area (Å²) in [6, 6.07) is 0. The van der Waals surface area contributed by atoms with Gasteiger partial charge in [-0.1, -0.05) is 20.3 Å². The maximum Gasteiger partial charge on any atom is 2.00 e. The van der Waals surface area contributed by atoms with E-state index in [-0.39, 0.29) is 92.9 Å². The van der Waals surface area contributed by atoms with Gasteiger partial charge in [0.1, 0.15) is 0 Å². The van der Waals surface area contributed by atoms with Gasteiger partial charge in [-0.2, -0.15) is 0 Å². The van der Waals surface area contributed by atoms with E-state index in [0.29, 0.717) is 0 Å². The molecular weight excluding hydrogens is 307 g/mol. The fourth-order valence-corrected chi connectivity index (χ4v) is 0. The van der Waals surface area contributed by atoms with Crippen LogP contribution >= 0.6 is 0 Å². The molecule has 0 heterocycles. The van der Waals surface area contributed by atoms with Crippen LogP contribution < -0.4 is 69.8 Å². The van der Waals surface area contributed by atoms with Gasteiger partial charge < -0.3 is 50.9 Å². The smallest absolute Gasteiger partial charge is 1.00 e. The van der Waals surface area contributed by atoms with Gasteiger partial charge in [-0.15, -0.1) is 0 Å². The second-order valence-corrected chi connectivity index (χ2v) is 0.707. The van der Waals surface area contributed by atoms with Crippen molar-refractivity contribution < 1.29 is 69.8 Å². The van der Waals surface area contributed by atoms with E-state index in [2.05, 4.69) is 13.8 Å². The van der Waals surface area contributed by atoms with Crippen molar-refractivity contribution >= 4 is 23.1 Å². The molecule has 0 aromatic heterocycles. The Hall–Kier alpha value is 2.80. The molecule has 0 aliphatic carbocycles. The molecule has 0 unspecified atom stereocenters. The van der Waals surface area contributed by atoms with E-state index in [1.54, 1.807) is 0 Å². The van der Waals surface area contributed by atoms with Gasteiger partial charge in [-0.3, -0.25) is 0 Å². The first-order valence-electron chi connectivity index (χ1n) is 1.41. The summed E-state index contributed by atoms with van der Waals surface area (Å²) in [5.41, 5.74) is 0. The first-order valence-corrected chi connectivity index (χ1v) is 1.41. The zero-order chi connectivity index (χ0) is 2.71. The monoisotopic (exact) mass is 312 g/mol. The van der Waals surface area contributed by atoms with Crippen LogP contribution in [0.25, 0.3) is 0 Å². The normalized spacial score (nSPS) is 2.25. The second-order valence-electron chi connectivity index (χ2n) is 0.707. The van der Waals surface area contributed by atoms with E-state index in [1.807, 2.05) is 0 Å². The van der Waals surface area contributed by atoms with Gasteiger partial charge in [0.2, 0.25) is 0 Å². The Balaban J connectivity index is -0.00000000200. The average molecular weight is 315 g/mol. The van der Waals surface area contributed by atoms with Crippen LogP contribution in [0, 0.1) is 0 Å². The van der Waals surface area contributed by atoms with Crippen LogP contribution in [0.5, 0.6) is 0 Å². The summed E-state index contributed by atoms with van der Waals surface area (Å²) in [6.45, 7) is 4.25. The van der Waals surface area contributed by atoms with Crippen LogP contribution in [-0.4, -0.2) is 23.1 Å². The van der Waals surface area contributed by atoms with E-state index in [0.717, 1.165) is 0 Å². The van der Waals surface area contributed by atoms with Crippen LogP contribution in [0.1, 0.15) is 20.3 Å². The summed E-state index contributed by atoms with van der Waals surface area (Å²) < 4.78 is 0. The van der Waals surface area contributed by atoms with Gasteiger partial charge in [-0.25, -0.2) is 0 Å². The predicted molar refractivity (Wildman–Crippen MR) is 21.7 cm³/mol. The Morgan fingerprint density at radius 2 is 0.875 bits per heavy atom. The zero-order valence-corrected chi connectivity index (χ0v) is 11.7. The minimum atomic E-state index is 0. The van der Waals surface area contributed by atoms with Crippen LogP contribution in [0.3, 0.4) is 0 Å². The maximum absolute atomic E-state index is 2.12. The van der Waals surface area contributed by atoms with Crippen molar-refractivity contribution in [3.8, 4) is 0 Å². The molecule has 0 aromatic carbocycles. The second kappa shape index (κ2) is 52.5. The fraction of sp³-hybridized carbons (Fsp3) is 1.00. The summed E-state index contributed by atoms with van der Waals surface area (Å²) in [4.78, 5) is 0. The Bertz CT molecular complexity index is 14.5. The fourth-order valence-electron chi connectivity index (χ4n) is 0. The first-order chi connectivity index (χ1) is 1.41. The number of hydrogen-bond donors (Lipinski definition) is 0. The van der Waals surface area contributed by atoms with Crippen molar-refractivity contribution in [2.75, 3.05) is 0 Å². The zero-order valence-electron chi connectivity index (χ0n) is 5.55. The third kappa shape index (κ3) is 68.2. The van der Waals surface area contributed by atoms with Gasteiger partial charge in [0.25, 0.3) is 0 Å². The largest absolute Gasteiger partial charge is 2.00 e. The van der Waals surface area contributed by atoms with Crippen molar-refractivity contribution in [2.45, 2.75) is 20.3 Å². The predicted octanol–water partition coefficient (Wildman–Crippen LogP) is -10.9. The first kappa shape index (κ1) is 45.0. The molecule has 8 heavy (non-hydrogen) atoms. The third-order valence-corrected chi connectivity index (χ3v) is 0. The van der Waals surface area contributed by atoms with E-state index in [9.17, 15) is 0 Å².